The molecule has 1 rings (SSSR count). The fourth-order valence-corrected chi connectivity index (χ4v) is 3.14. The molecule has 0 aromatic heterocycles. The van der Waals surface area contributed by atoms with Crippen LogP contribution in [0, 0.1) is 13.8 Å². The summed E-state index contributed by atoms with van der Waals surface area (Å²) >= 11 is 7.69. The van der Waals surface area contributed by atoms with Crippen LogP contribution in [0.15, 0.2) is 18.2 Å². The molecule has 0 aliphatic heterocycles. The number of hydrogen-bond donors (Lipinski definition) is 0. The Bertz CT molecular complexity index is 302. The average molecular weight is 271 g/mol. The Labute approximate surface area is 115 Å². The van der Waals surface area contributed by atoms with E-state index in [0.29, 0.717) is 0 Å². The van der Waals surface area contributed by atoms with Crippen molar-refractivity contribution >= 4 is 23.4 Å². The van der Waals surface area contributed by atoms with Gasteiger partial charge in [0.05, 0.1) is 0 Å². The normalized spacial score (nSPS) is 10.8. The van der Waals surface area contributed by atoms with Crippen molar-refractivity contribution in [3.63, 3.8) is 0 Å². The largest absolute Gasteiger partial charge is 0.157 e. The first-order valence-electron chi connectivity index (χ1n) is 6.43. The molecule has 0 heterocycles. The molecule has 0 spiro atoms. The predicted octanol–water partition coefficient (Wildman–Crippen LogP) is 5.34. The van der Waals surface area contributed by atoms with Gasteiger partial charge in [0.15, 0.2) is 0 Å². The molecule has 96 valence electrons. The van der Waals surface area contributed by atoms with Crippen LogP contribution >= 0.6 is 23.4 Å². The highest BCUT2D eigenvalue weighted by Crippen LogP contribution is 2.17. The fourth-order valence-electron chi connectivity index (χ4n) is 1.99. The third kappa shape index (κ3) is 7.00. The molecule has 0 aliphatic carbocycles. The van der Waals surface area contributed by atoms with Crippen LogP contribution in [0.1, 0.15) is 42.4 Å². The standard InChI is InChI=1S/C15H23ClS/c1-13-9-14(2)11-15(10-13)12-17-8-6-4-3-5-7-16/h9-11H,3-8,12H2,1-2H3. The minimum Gasteiger partial charge on any atom is -0.157 e. The summed E-state index contributed by atoms with van der Waals surface area (Å²) in [6, 6.07) is 6.83. The van der Waals surface area contributed by atoms with Crippen molar-refractivity contribution in [3.05, 3.63) is 34.9 Å². The topological polar surface area (TPSA) is 0 Å². The van der Waals surface area contributed by atoms with Gasteiger partial charge in [-0.05, 0) is 38.0 Å². The highest BCUT2D eigenvalue weighted by atomic mass is 35.5. The molecule has 0 saturated carbocycles. The van der Waals surface area contributed by atoms with Crippen molar-refractivity contribution in [2.75, 3.05) is 11.6 Å². The minimum absolute atomic E-state index is 0.815. The van der Waals surface area contributed by atoms with Crippen LogP contribution in [0.3, 0.4) is 0 Å². The maximum atomic E-state index is 5.65. The number of halogens is 1. The van der Waals surface area contributed by atoms with Crippen molar-refractivity contribution < 1.29 is 0 Å². The van der Waals surface area contributed by atoms with Gasteiger partial charge >= 0.3 is 0 Å². The van der Waals surface area contributed by atoms with E-state index in [1.54, 1.807) is 0 Å². The highest BCUT2D eigenvalue weighted by molar-refractivity contribution is 7.98. The molecule has 0 unspecified atom stereocenters. The second kappa shape index (κ2) is 8.88. The number of aryl methyl sites for hydroxylation is 2. The number of unbranched alkanes of at least 4 members (excludes halogenated alkanes) is 3. The molecular formula is C15H23ClS. The molecule has 0 nitrogen and oxygen atoms in total. The summed E-state index contributed by atoms with van der Waals surface area (Å²) in [5, 5.41) is 0. The maximum absolute atomic E-state index is 5.65. The van der Waals surface area contributed by atoms with E-state index in [4.69, 9.17) is 11.6 Å². The van der Waals surface area contributed by atoms with Crippen LogP contribution < -0.4 is 0 Å². The number of benzene rings is 1. The Morgan fingerprint density at radius 2 is 1.59 bits per heavy atom. The van der Waals surface area contributed by atoms with Crippen molar-refractivity contribution in [1.29, 1.82) is 0 Å². The monoisotopic (exact) mass is 270 g/mol. The van der Waals surface area contributed by atoms with Gasteiger partial charge in [0.25, 0.3) is 0 Å². The van der Waals surface area contributed by atoms with Gasteiger partial charge in [0, 0.05) is 11.6 Å². The second-order valence-electron chi connectivity index (χ2n) is 4.65. The quantitative estimate of drug-likeness (QED) is 0.454. The molecule has 1 aromatic rings. The number of alkyl halides is 1. The molecule has 0 aliphatic rings. The van der Waals surface area contributed by atoms with E-state index in [9.17, 15) is 0 Å². The van der Waals surface area contributed by atoms with Gasteiger partial charge in [-0.2, -0.15) is 11.8 Å². The van der Waals surface area contributed by atoms with Crippen LogP contribution in [0.2, 0.25) is 0 Å². The van der Waals surface area contributed by atoms with Crippen molar-refractivity contribution in [1.82, 2.24) is 0 Å². The lowest BCUT2D eigenvalue weighted by Crippen LogP contribution is -1.87. The van der Waals surface area contributed by atoms with E-state index < -0.39 is 0 Å². The first-order valence-corrected chi connectivity index (χ1v) is 8.12. The molecule has 0 amide bonds. The Morgan fingerprint density at radius 1 is 0.941 bits per heavy atom. The van der Waals surface area contributed by atoms with Gasteiger partial charge in [-0.1, -0.05) is 42.2 Å². The molecule has 0 fully saturated rings. The van der Waals surface area contributed by atoms with Crippen LogP contribution in [-0.4, -0.2) is 11.6 Å². The van der Waals surface area contributed by atoms with E-state index >= 15 is 0 Å². The zero-order valence-electron chi connectivity index (χ0n) is 11.0. The molecule has 2 heteroatoms. The number of thioether (sulfide) groups is 1. The predicted molar refractivity (Wildman–Crippen MR) is 81.3 cm³/mol. The summed E-state index contributed by atoms with van der Waals surface area (Å²) in [6.07, 6.45) is 5.11. The van der Waals surface area contributed by atoms with Crippen molar-refractivity contribution in [2.45, 2.75) is 45.3 Å². The molecule has 1 aromatic carbocycles. The molecule has 0 bridgehead atoms. The first-order chi connectivity index (χ1) is 8.22. The van der Waals surface area contributed by atoms with E-state index in [-0.39, 0.29) is 0 Å². The summed E-state index contributed by atoms with van der Waals surface area (Å²) in [5.74, 6) is 3.24. The zero-order chi connectivity index (χ0) is 12.5. The fraction of sp³-hybridized carbons (Fsp3) is 0.600. The molecule has 0 atom stereocenters. The summed E-state index contributed by atoms with van der Waals surface area (Å²) in [4.78, 5) is 0. The van der Waals surface area contributed by atoms with Gasteiger partial charge in [-0.25, -0.2) is 0 Å². The van der Waals surface area contributed by atoms with E-state index in [0.717, 1.165) is 11.6 Å². The van der Waals surface area contributed by atoms with Gasteiger partial charge in [-0.15, -0.1) is 11.6 Å². The van der Waals surface area contributed by atoms with Gasteiger partial charge in [0.1, 0.15) is 0 Å². The summed E-state index contributed by atoms with van der Waals surface area (Å²) in [6.45, 7) is 4.35. The van der Waals surface area contributed by atoms with Crippen LogP contribution in [0.25, 0.3) is 0 Å². The first kappa shape index (κ1) is 14.9. The smallest absolute Gasteiger partial charge is 0.0223 e. The molecule has 17 heavy (non-hydrogen) atoms. The molecule has 0 N–H and O–H groups in total. The van der Waals surface area contributed by atoms with E-state index in [1.807, 2.05) is 11.8 Å². The van der Waals surface area contributed by atoms with Gasteiger partial charge in [0.2, 0.25) is 0 Å². The van der Waals surface area contributed by atoms with Crippen LogP contribution in [-0.2, 0) is 5.75 Å². The van der Waals surface area contributed by atoms with E-state index in [1.165, 1.54) is 48.1 Å². The summed E-state index contributed by atoms with van der Waals surface area (Å²) in [5.41, 5.74) is 4.22. The van der Waals surface area contributed by atoms with Crippen molar-refractivity contribution in [2.24, 2.45) is 0 Å². The lowest BCUT2D eigenvalue weighted by atomic mass is 10.1. The third-order valence-electron chi connectivity index (χ3n) is 2.72. The van der Waals surface area contributed by atoms with E-state index in [2.05, 4.69) is 32.0 Å². The molecule has 0 radical (unpaired) electrons. The highest BCUT2D eigenvalue weighted by Gasteiger charge is 1.97. The Balaban J connectivity index is 2.13. The van der Waals surface area contributed by atoms with Gasteiger partial charge < -0.3 is 0 Å². The summed E-state index contributed by atoms with van der Waals surface area (Å²) in [7, 11) is 0. The Hall–Kier alpha value is -0.140. The third-order valence-corrected chi connectivity index (χ3v) is 4.10. The Kier molecular flexibility index (Phi) is 7.79. The zero-order valence-corrected chi connectivity index (χ0v) is 12.5. The van der Waals surface area contributed by atoms with Crippen molar-refractivity contribution in [3.8, 4) is 0 Å². The number of rotatable bonds is 8. The van der Waals surface area contributed by atoms with Crippen LogP contribution in [0.4, 0.5) is 0 Å². The lowest BCUT2D eigenvalue weighted by molar-refractivity contribution is 0.709. The second-order valence-corrected chi connectivity index (χ2v) is 6.13. The van der Waals surface area contributed by atoms with Gasteiger partial charge in [-0.3, -0.25) is 0 Å². The Morgan fingerprint density at radius 3 is 2.24 bits per heavy atom. The average Bonchev–Trinajstić information content (AvgIpc) is 2.26. The van der Waals surface area contributed by atoms with Crippen LogP contribution in [0.5, 0.6) is 0 Å². The molecule has 0 saturated heterocycles. The number of hydrogen-bond acceptors (Lipinski definition) is 1. The SMILES string of the molecule is Cc1cc(C)cc(CSCCCCCCCl)c1. The summed E-state index contributed by atoms with van der Waals surface area (Å²) < 4.78 is 0. The maximum Gasteiger partial charge on any atom is 0.0223 e. The molecular weight excluding hydrogens is 248 g/mol. The lowest BCUT2D eigenvalue weighted by Gasteiger charge is -2.05. The minimum atomic E-state index is 0.815.